The van der Waals surface area contributed by atoms with Gasteiger partial charge in [0.2, 0.25) is 47.3 Å². The number of aliphatic hydroxyl groups excluding tert-OH is 1. The average molecular weight is 1080 g/mol. The second-order valence-corrected chi connectivity index (χ2v) is 19.2. The van der Waals surface area contributed by atoms with E-state index in [1.54, 1.807) is 13.8 Å². The summed E-state index contributed by atoms with van der Waals surface area (Å²) in [5, 5.41) is 61.1. The normalized spacial score (nSPS) is 14.7. The van der Waals surface area contributed by atoms with E-state index in [0.29, 0.717) is 29.9 Å². The van der Waals surface area contributed by atoms with Gasteiger partial charge in [0.1, 0.15) is 48.0 Å². The van der Waals surface area contributed by atoms with Crippen molar-refractivity contribution in [2.75, 3.05) is 32.1 Å². The molecule has 0 saturated heterocycles. The Morgan fingerprint density at radius 3 is 1.75 bits per heavy atom. The van der Waals surface area contributed by atoms with E-state index < -0.39 is 114 Å². The molecule has 1 heterocycles. The van der Waals surface area contributed by atoms with Gasteiger partial charge in [-0.3, -0.25) is 48.6 Å². The highest BCUT2D eigenvalue weighted by Crippen LogP contribution is 2.14. The van der Waals surface area contributed by atoms with Crippen LogP contribution in [0.4, 0.5) is 0 Å². The smallest absolute Gasteiger partial charge is 0.305 e. The number of carbonyl (C=O) groups is 9. The molecule has 0 saturated carbocycles. The number of amides is 8. The van der Waals surface area contributed by atoms with Crippen LogP contribution in [0.25, 0.3) is 0 Å². The van der Waals surface area contributed by atoms with E-state index >= 15 is 0 Å². The highest BCUT2D eigenvalue weighted by Gasteiger charge is 2.36. The van der Waals surface area contributed by atoms with Crippen LogP contribution in [-0.4, -0.2) is 171 Å². The van der Waals surface area contributed by atoms with Crippen LogP contribution in [0.5, 0.6) is 5.75 Å². The Morgan fingerprint density at radius 2 is 1.23 bits per heavy atom. The minimum Gasteiger partial charge on any atom is -0.508 e. The van der Waals surface area contributed by atoms with Gasteiger partial charge in [0.15, 0.2) is 5.96 Å². The van der Waals surface area contributed by atoms with Gasteiger partial charge in [-0.05, 0) is 101 Å². The summed E-state index contributed by atoms with van der Waals surface area (Å²) < 4.78 is 0. The molecular weight excluding hydrogens is 999 g/mol. The van der Waals surface area contributed by atoms with Gasteiger partial charge in [-0.15, -0.1) is 0 Å². The van der Waals surface area contributed by atoms with Gasteiger partial charge < -0.3 is 85.4 Å². The molecule has 28 heteroatoms. The van der Waals surface area contributed by atoms with Gasteiger partial charge in [0.05, 0.1) is 30.6 Å². The number of nitrogens with one attached hydrogen (secondary N) is 11. The van der Waals surface area contributed by atoms with Crippen LogP contribution in [0.1, 0.15) is 83.4 Å². The third-order valence-corrected chi connectivity index (χ3v) is 12.2. The number of carbonyl (C=O) groups excluding carboxylic acids is 8. The first-order valence-electron chi connectivity index (χ1n) is 24.5. The second-order valence-electron chi connectivity index (χ2n) is 18.2. The average Bonchev–Trinajstić information content (AvgIpc) is 3.86. The highest BCUT2D eigenvalue weighted by molar-refractivity contribution is 7.98. The van der Waals surface area contributed by atoms with Crippen molar-refractivity contribution in [3.05, 3.63) is 48.0 Å². The van der Waals surface area contributed by atoms with E-state index in [2.05, 4.69) is 57.8 Å². The number of aliphatic carboxylic acids is 1. The molecule has 2 rings (SSSR count). The van der Waals surface area contributed by atoms with E-state index in [1.807, 2.05) is 6.26 Å². The molecule has 0 spiro atoms. The van der Waals surface area contributed by atoms with E-state index in [4.69, 9.17) is 22.6 Å². The van der Waals surface area contributed by atoms with Crippen LogP contribution in [-0.2, 0) is 56.0 Å². The van der Waals surface area contributed by atoms with Crippen LogP contribution in [0.15, 0.2) is 36.8 Å². The summed E-state index contributed by atoms with van der Waals surface area (Å²) in [6.45, 7) is 5.08. The molecule has 0 aliphatic rings. The number of unbranched alkanes of at least 4 members (excludes halogenated alkanes) is 1. The number of hydrogen-bond donors (Lipinski definition) is 17. The molecule has 2 aromatic rings. The molecule has 27 nitrogen and oxygen atoms in total. The standard InChI is InChI=1S/C47H77N15O12S/c1-25(2)19-34(43(71)58-33(39(49)67)21-28-23-53-24-55-28)59-42(70)32(10-8-17-54-47(50)51)57-44(72)35(20-27-11-13-29(64)14-12-27)60-41(69)31(9-6-7-16-48)56-45(73)36(22-37(65)66)61-46(74)38(26(3)63)62-40(68)30(52-4)15-18-75-5/h11-14,23-26,30-36,38,52,63-64H,6-10,15-22,48H2,1-5H3,(H2,49,67)(H,53,55)(H,56,73)(H,57,72)(H,58,71)(H,59,70)(H,60,69)(H,61,74)(H,62,68)(H,65,66)(H4,50,51,54)/t26-,30+,31+,32+,33+,34+,35+,36-,38+/m1/s1. The molecule has 1 aromatic heterocycles. The first-order valence-corrected chi connectivity index (χ1v) is 25.9. The molecule has 0 unspecified atom stereocenters. The number of aromatic hydroxyl groups is 1. The molecule has 20 N–H and O–H groups in total. The van der Waals surface area contributed by atoms with Crippen LogP contribution in [0.3, 0.4) is 0 Å². The van der Waals surface area contributed by atoms with Gasteiger partial charge >= 0.3 is 5.97 Å². The lowest BCUT2D eigenvalue weighted by atomic mass is 10.0. The van der Waals surface area contributed by atoms with Crippen LogP contribution >= 0.6 is 11.8 Å². The van der Waals surface area contributed by atoms with E-state index in [-0.39, 0.29) is 75.7 Å². The third-order valence-electron chi connectivity index (χ3n) is 11.5. The Kier molecular flexibility index (Phi) is 28.8. The zero-order chi connectivity index (χ0) is 56.2. The number of aromatic amines is 1. The number of carboxylic acid groups (broad SMARTS) is 1. The van der Waals surface area contributed by atoms with Crippen molar-refractivity contribution >= 4 is 70.9 Å². The number of phenolic OH excluding ortho intramolecular Hbond substituents is 1. The molecule has 0 radical (unpaired) electrons. The first-order chi connectivity index (χ1) is 35.5. The van der Waals surface area contributed by atoms with Crippen molar-refractivity contribution in [1.82, 2.24) is 57.8 Å². The Balaban J connectivity index is 2.52. The van der Waals surface area contributed by atoms with Gasteiger partial charge in [0.25, 0.3) is 0 Å². The Bertz CT molecular complexity index is 2190. The number of guanidine groups is 1. The number of phenols is 1. The number of aliphatic hydroxyl groups is 1. The lowest BCUT2D eigenvalue weighted by Gasteiger charge is -2.28. The zero-order valence-corrected chi connectivity index (χ0v) is 43.8. The maximum atomic E-state index is 14.5. The van der Waals surface area contributed by atoms with E-state index in [9.17, 15) is 58.5 Å². The zero-order valence-electron chi connectivity index (χ0n) is 43.0. The van der Waals surface area contributed by atoms with Gasteiger partial charge in [0, 0.05) is 25.6 Å². The predicted molar refractivity (Wildman–Crippen MR) is 278 cm³/mol. The summed E-state index contributed by atoms with van der Waals surface area (Å²) in [5.41, 5.74) is 17.7. The number of imidazole rings is 1. The predicted octanol–water partition coefficient (Wildman–Crippen LogP) is -3.59. The summed E-state index contributed by atoms with van der Waals surface area (Å²) >= 11 is 1.48. The number of benzene rings is 1. The summed E-state index contributed by atoms with van der Waals surface area (Å²) in [7, 11) is 1.54. The first kappa shape index (κ1) is 64.1. The lowest BCUT2D eigenvalue weighted by molar-refractivity contribution is -0.142. The van der Waals surface area contributed by atoms with Crippen molar-refractivity contribution in [2.45, 2.75) is 139 Å². The minimum atomic E-state index is -1.85. The van der Waals surface area contributed by atoms with Gasteiger partial charge in [-0.25, -0.2) is 4.98 Å². The SMILES string of the molecule is CN[C@@H](CCSC)C(=O)N[C@H](C(=O)N[C@H](CC(=O)O)C(=O)N[C@@H](CCCCN)C(=O)N[C@@H](Cc1ccc(O)cc1)C(=O)N[C@@H](CCCNC(=N)N)C(=O)N[C@@H](CC(C)C)C(=O)N[C@@H](Cc1c[nH]cn1)C(N)=O)[C@@H](C)O. The van der Waals surface area contributed by atoms with Crippen molar-refractivity contribution in [2.24, 2.45) is 23.1 Å². The second kappa shape index (κ2) is 33.7. The van der Waals surface area contributed by atoms with Gasteiger partial charge in [-0.1, -0.05) is 26.0 Å². The topological polar surface area (TPSA) is 453 Å². The van der Waals surface area contributed by atoms with Gasteiger partial charge in [-0.2, -0.15) is 11.8 Å². The summed E-state index contributed by atoms with van der Waals surface area (Å²) in [4.78, 5) is 129. The molecule has 1 aromatic carbocycles. The number of H-pyrrole nitrogens is 1. The summed E-state index contributed by atoms with van der Waals surface area (Å²) in [5.74, 6) is -8.76. The molecule has 0 fully saturated rings. The maximum absolute atomic E-state index is 14.5. The summed E-state index contributed by atoms with van der Waals surface area (Å²) in [6, 6.07) is -5.45. The Hall–Kier alpha value is -7.04. The molecule has 418 valence electrons. The van der Waals surface area contributed by atoms with Crippen molar-refractivity contribution in [1.29, 1.82) is 5.41 Å². The number of thioether (sulfide) groups is 1. The number of nitrogens with two attached hydrogens (primary N) is 3. The minimum absolute atomic E-state index is 0.0538. The lowest BCUT2D eigenvalue weighted by Crippen LogP contribution is -2.61. The highest BCUT2D eigenvalue weighted by atomic mass is 32.2. The van der Waals surface area contributed by atoms with Crippen molar-refractivity contribution in [3.63, 3.8) is 0 Å². The fraction of sp³-hybridized carbons (Fsp3) is 0.596. The fourth-order valence-electron chi connectivity index (χ4n) is 7.48. The molecule has 8 amide bonds. The quantitative estimate of drug-likeness (QED) is 0.0178. The van der Waals surface area contributed by atoms with Crippen molar-refractivity contribution in [3.8, 4) is 5.75 Å². The largest absolute Gasteiger partial charge is 0.508 e. The Labute approximate surface area is 439 Å². The summed E-state index contributed by atoms with van der Waals surface area (Å²) in [6.07, 6.45) is 2.96. The van der Waals surface area contributed by atoms with Crippen LogP contribution in [0, 0.1) is 11.3 Å². The third kappa shape index (κ3) is 24.2. The molecular formula is C47H77N15O12S. The number of likely N-dealkylation sites (N-methyl/N-ethyl adjacent to an activating group) is 1. The monoisotopic (exact) mass is 1080 g/mol. The Morgan fingerprint density at radius 1 is 0.693 bits per heavy atom. The molecule has 75 heavy (non-hydrogen) atoms. The molecule has 9 atom stereocenters. The maximum Gasteiger partial charge on any atom is 0.305 e. The number of hydrogen-bond acceptors (Lipinski definition) is 16. The molecule has 0 aliphatic carbocycles. The van der Waals surface area contributed by atoms with Crippen LogP contribution < -0.4 is 65.1 Å². The van der Waals surface area contributed by atoms with E-state index in [1.165, 1.54) is 62.5 Å². The number of aromatic nitrogens is 2. The molecule has 0 aliphatic heterocycles. The van der Waals surface area contributed by atoms with E-state index in [0.717, 1.165) is 0 Å². The number of carboxylic acids is 1. The number of nitrogens with zero attached hydrogens (tertiary/aromatic N) is 1. The van der Waals surface area contributed by atoms with Crippen LogP contribution in [0.2, 0.25) is 0 Å². The number of primary amides is 1. The fourth-order valence-corrected chi connectivity index (χ4v) is 7.95. The van der Waals surface area contributed by atoms with Crippen molar-refractivity contribution < 1.29 is 58.5 Å². The number of rotatable bonds is 36. The molecule has 0 bridgehead atoms.